The van der Waals surface area contributed by atoms with Gasteiger partial charge in [0, 0.05) is 12.7 Å². The van der Waals surface area contributed by atoms with Gasteiger partial charge < -0.3 is 9.64 Å². The van der Waals surface area contributed by atoms with E-state index in [0.29, 0.717) is 10.1 Å². The van der Waals surface area contributed by atoms with E-state index in [1.807, 2.05) is 6.07 Å². The van der Waals surface area contributed by atoms with Crippen LogP contribution < -0.4 is 0 Å². The third kappa shape index (κ3) is 2.77. The van der Waals surface area contributed by atoms with Gasteiger partial charge in [-0.2, -0.15) is 0 Å². The summed E-state index contributed by atoms with van der Waals surface area (Å²) in [6.07, 6.45) is 1.67. The number of pyridine rings is 1. The summed E-state index contributed by atoms with van der Waals surface area (Å²) >= 11 is 3.27. The largest absolute Gasteiger partial charge is 0.373 e. The van der Waals surface area contributed by atoms with Crippen LogP contribution in [0.5, 0.6) is 0 Å². The van der Waals surface area contributed by atoms with Gasteiger partial charge in [0.2, 0.25) is 5.82 Å². The summed E-state index contributed by atoms with van der Waals surface area (Å²) in [5.74, 6) is -3.47. The van der Waals surface area contributed by atoms with Gasteiger partial charge in [-0.1, -0.05) is 6.07 Å². The minimum absolute atomic E-state index is 0.0891. The number of rotatable bonds is 1. The molecule has 0 saturated carbocycles. The normalized spacial score (nSPS) is 18.7. The molecule has 1 aliphatic rings. The van der Waals surface area contributed by atoms with Crippen LogP contribution >= 0.6 is 15.9 Å². The summed E-state index contributed by atoms with van der Waals surface area (Å²) in [4.78, 5) is 17.7. The monoisotopic (exact) mass is 359 g/mol. The molecule has 0 unspecified atom stereocenters. The summed E-state index contributed by atoms with van der Waals surface area (Å²) in [5.41, 5.74) is 0.707. The Kier molecular flexibility index (Phi) is 3.66. The Morgan fingerprint density at radius 2 is 2.24 bits per heavy atom. The Balaban J connectivity index is 1.96. The predicted molar refractivity (Wildman–Crippen MR) is 74.6 cm³/mol. The van der Waals surface area contributed by atoms with E-state index in [2.05, 4.69) is 20.9 Å². The quantitative estimate of drug-likeness (QED) is 0.784. The first kappa shape index (κ1) is 14.4. The lowest BCUT2D eigenvalue weighted by Gasteiger charge is -2.22. The average molecular weight is 360 g/mol. The summed E-state index contributed by atoms with van der Waals surface area (Å²) in [6, 6.07) is 5.34. The van der Waals surface area contributed by atoms with E-state index in [4.69, 9.17) is 4.74 Å². The number of fused-ring (bicyclic) bond motifs is 1. The number of imidazole rings is 1. The Labute approximate surface area is 127 Å². The molecule has 0 atom stereocenters. The summed E-state index contributed by atoms with van der Waals surface area (Å²) in [6.45, 7) is -1.12. The molecule has 2 aromatic rings. The van der Waals surface area contributed by atoms with Gasteiger partial charge >= 0.3 is 0 Å². The van der Waals surface area contributed by atoms with Gasteiger partial charge in [-0.15, -0.1) is 0 Å². The molecule has 0 aromatic carbocycles. The van der Waals surface area contributed by atoms with Gasteiger partial charge in [0.15, 0.2) is 0 Å². The summed E-state index contributed by atoms with van der Waals surface area (Å²) in [5, 5.41) is 0. The van der Waals surface area contributed by atoms with Crippen molar-refractivity contribution in [3.63, 3.8) is 0 Å². The zero-order chi connectivity index (χ0) is 15.0. The minimum Gasteiger partial charge on any atom is -0.373 e. The fourth-order valence-corrected chi connectivity index (χ4v) is 2.76. The molecule has 112 valence electrons. The zero-order valence-corrected chi connectivity index (χ0v) is 12.5. The van der Waals surface area contributed by atoms with E-state index in [0.717, 1.165) is 4.90 Å². The first-order valence-corrected chi connectivity index (χ1v) is 7.15. The van der Waals surface area contributed by atoms with Gasteiger partial charge in [0.1, 0.15) is 11.2 Å². The summed E-state index contributed by atoms with van der Waals surface area (Å²) in [7, 11) is 0. The highest BCUT2D eigenvalue weighted by Gasteiger charge is 2.37. The number of amides is 1. The van der Waals surface area contributed by atoms with Crippen molar-refractivity contribution < 1.29 is 18.3 Å². The fraction of sp³-hybridized carbons (Fsp3) is 0.385. The molecule has 21 heavy (non-hydrogen) atoms. The van der Waals surface area contributed by atoms with Gasteiger partial charge in [-0.25, -0.2) is 13.8 Å². The van der Waals surface area contributed by atoms with Crippen LogP contribution in [-0.4, -0.2) is 52.4 Å². The number of alkyl halides is 2. The van der Waals surface area contributed by atoms with E-state index < -0.39 is 25.0 Å². The van der Waals surface area contributed by atoms with Crippen LogP contribution in [0.15, 0.2) is 29.0 Å². The first-order chi connectivity index (χ1) is 9.98. The maximum Gasteiger partial charge on any atom is 0.290 e. The number of halogens is 3. The second-order valence-corrected chi connectivity index (χ2v) is 5.57. The molecule has 1 aliphatic heterocycles. The molecule has 0 N–H and O–H groups in total. The lowest BCUT2D eigenvalue weighted by atomic mass is 10.3. The molecule has 3 heterocycles. The first-order valence-electron chi connectivity index (χ1n) is 6.35. The van der Waals surface area contributed by atoms with Crippen molar-refractivity contribution in [1.29, 1.82) is 0 Å². The van der Waals surface area contributed by atoms with Crippen LogP contribution in [0.3, 0.4) is 0 Å². The molecule has 2 aromatic heterocycles. The van der Waals surface area contributed by atoms with Crippen LogP contribution in [-0.2, 0) is 4.74 Å². The Bertz CT molecular complexity index is 689. The van der Waals surface area contributed by atoms with Crippen LogP contribution in [0.25, 0.3) is 5.52 Å². The van der Waals surface area contributed by atoms with E-state index in [9.17, 15) is 13.6 Å². The van der Waals surface area contributed by atoms with Gasteiger partial charge in [-0.05, 0) is 28.1 Å². The van der Waals surface area contributed by atoms with Gasteiger partial charge in [-0.3, -0.25) is 9.20 Å². The van der Waals surface area contributed by atoms with Crippen LogP contribution in [0, 0.1) is 0 Å². The smallest absolute Gasteiger partial charge is 0.290 e. The number of nitrogens with zero attached hydrogens (tertiary/aromatic N) is 3. The molecule has 0 spiro atoms. The van der Waals surface area contributed by atoms with Crippen molar-refractivity contribution in [1.82, 2.24) is 14.3 Å². The Hall–Kier alpha value is -1.54. The molecule has 8 heteroatoms. The third-order valence-corrected chi connectivity index (χ3v) is 3.81. The number of hydrogen-bond donors (Lipinski definition) is 0. The maximum atomic E-state index is 13.6. The topological polar surface area (TPSA) is 46.8 Å². The lowest BCUT2D eigenvalue weighted by Crippen LogP contribution is -2.41. The molecule has 0 aliphatic carbocycles. The third-order valence-electron chi connectivity index (χ3n) is 3.22. The molecule has 0 radical (unpaired) electrons. The lowest BCUT2D eigenvalue weighted by molar-refractivity contribution is -0.0661. The average Bonchev–Trinajstić information content (AvgIpc) is 2.67. The highest BCUT2D eigenvalue weighted by Crippen LogP contribution is 2.22. The standard InChI is InChI=1S/C13H12BrF2N3O2/c14-10-9-3-1-2-4-19(9)11(17-10)12(20)18-5-6-21-8-13(15,16)7-18/h1-4H,5-8H2. The molecule has 5 nitrogen and oxygen atoms in total. The minimum atomic E-state index is -3.05. The molecular formula is C13H12BrF2N3O2. The fourth-order valence-electron chi connectivity index (χ4n) is 2.27. The molecular weight excluding hydrogens is 348 g/mol. The number of carbonyl (C=O) groups is 1. The molecule has 0 bridgehead atoms. The number of ether oxygens (including phenoxy) is 1. The SMILES string of the molecule is O=C(c1nc(Br)c2ccccn12)N1CCOCC(F)(F)C1. The maximum absolute atomic E-state index is 13.6. The Morgan fingerprint density at radius 1 is 1.43 bits per heavy atom. The van der Waals surface area contributed by atoms with E-state index in [-0.39, 0.29) is 19.0 Å². The van der Waals surface area contributed by atoms with Crippen molar-refractivity contribution in [3.05, 3.63) is 34.8 Å². The molecule has 1 saturated heterocycles. The highest BCUT2D eigenvalue weighted by molar-refractivity contribution is 9.10. The van der Waals surface area contributed by atoms with E-state index >= 15 is 0 Å². The van der Waals surface area contributed by atoms with Crippen molar-refractivity contribution >= 4 is 27.4 Å². The number of hydrogen-bond acceptors (Lipinski definition) is 3. The van der Waals surface area contributed by atoms with Crippen LogP contribution in [0.2, 0.25) is 0 Å². The summed E-state index contributed by atoms with van der Waals surface area (Å²) < 4.78 is 34.0. The highest BCUT2D eigenvalue weighted by atomic mass is 79.9. The molecule has 3 rings (SSSR count). The van der Waals surface area contributed by atoms with Gasteiger partial charge in [0.05, 0.1) is 18.7 Å². The molecule has 1 amide bonds. The zero-order valence-electron chi connectivity index (χ0n) is 10.9. The second kappa shape index (κ2) is 5.34. The van der Waals surface area contributed by atoms with Crippen molar-refractivity contribution in [3.8, 4) is 0 Å². The van der Waals surface area contributed by atoms with E-state index in [1.165, 1.54) is 0 Å². The van der Waals surface area contributed by atoms with Crippen LogP contribution in [0.4, 0.5) is 8.78 Å². The van der Waals surface area contributed by atoms with Crippen LogP contribution in [0.1, 0.15) is 10.6 Å². The van der Waals surface area contributed by atoms with Crippen molar-refractivity contribution in [2.45, 2.75) is 5.92 Å². The predicted octanol–water partition coefficient (Wildman–Crippen LogP) is 2.20. The Morgan fingerprint density at radius 3 is 3.05 bits per heavy atom. The van der Waals surface area contributed by atoms with Crippen molar-refractivity contribution in [2.75, 3.05) is 26.3 Å². The number of aromatic nitrogens is 2. The number of carbonyl (C=O) groups excluding carboxylic acids is 1. The van der Waals surface area contributed by atoms with Crippen molar-refractivity contribution in [2.24, 2.45) is 0 Å². The second-order valence-electron chi connectivity index (χ2n) is 4.82. The molecule has 1 fully saturated rings. The van der Waals surface area contributed by atoms with E-state index in [1.54, 1.807) is 22.7 Å². The van der Waals surface area contributed by atoms with Gasteiger partial charge in [0.25, 0.3) is 11.8 Å².